The molecule has 0 unspecified atom stereocenters. The molecule has 3 heteroatoms. The van der Waals surface area contributed by atoms with Crippen molar-refractivity contribution >= 4 is 11.6 Å². The van der Waals surface area contributed by atoms with E-state index < -0.39 is 0 Å². The summed E-state index contributed by atoms with van der Waals surface area (Å²) >= 11 is 0. The van der Waals surface area contributed by atoms with Crippen LogP contribution in [0.1, 0.15) is 45.1 Å². The number of amides is 1. The van der Waals surface area contributed by atoms with Crippen molar-refractivity contribution in [2.75, 3.05) is 5.32 Å². The van der Waals surface area contributed by atoms with Gasteiger partial charge in [-0.05, 0) is 38.3 Å². The third kappa shape index (κ3) is 2.66. The smallest absolute Gasteiger partial charge is 0.227 e. The number of para-hydroxylation sites is 1. The van der Waals surface area contributed by atoms with Gasteiger partial charge in [-0.25, -0.2) is 0 Å². The van der Waals surface area contributed by atoms with Gasteiger partial charge in [-0.3, -0.25) is 4.79 Å². The fourth-order valence-electron chi connectivity index (χ4n) is 2.43. The molecule has 18 heavy (non-hydrogen) atoms. The van der Waals surface area contributed by atoms with Crippen LogP contribution in [-0.4, -0.2) is 18.0 Å². The number of benzene rings is 1. The molecule has 0 radical (unpaired) electrons. The lowest BCUT2D eigenvalue weighted by atomic mass is 9.86. The van der Waals surface area contributed by atoms with Gasteiger partial charge < -0.3 is 10.6 Å². The molecule has 1 amide bonds. The van der Waals surface area contributed by atoms with Gasteiger partial charge in [0, 0.05) is 17.8 Å². The van der Waals surface area contributed by atoms with Crippen molar-refractivity contribution in [1.82, 2.24) is 5.32 Å². The van der Waals surface area contributed by atoms with Crippen LogP contribution in [-0.2, 0) is 4.79 Å². The maximum atomic E-state index is 12.3. The molecule has 0 fully saturated rings. The number of hydrogen-bond donors (Lipinski definition) is 2. The van der Waals surface area contributed by atoms with Crippen molar-refractivity contribution in [2.45, 2.75) is 51.6 Å². The Morgan fingerprint density at radius 2 is 2.22 bits per heavy atom. The number of fused-ring (bicyclic) bond motifs is 1. The summed E-state index contributed by atoms with van der Waals surface area (Å²) in [6.07, 6.45) is 1.83. The Kier molecular flexibility index (Phi) is 3.90. The highest BCUT2D eigenvalue weighted by Gasteiger charge is 2.29. The molecule has 1 aromatic carbocycles. The molecule has 2 N–H and O–H groups in total. The van der Waals surface area contributed by atoms with E-state index in [2.05, 4.69) is 36.6 Å². The second kappa shape index (κ2) is 5.42. The van der Waals surface area contributed by atoms with Crippen LogP contribution in [0.2, 0.25) is 0 Å². The third-order valence-electron chi connectivity index (χ3n) is 3.64. The SMILES string of the molecule is CC[C@@H](C)NC(=O)[C@H]1C[C@H](C)Nc2ccccc21. The summed E-state index contributed by atoms with van der Waals surface area (Å²) in [7, 11) is 0. The lowest BCUT2D eigenvalue weighted by Gasteiger charge is -2.31. The molecule has 1 aliphatic rings. The van der Waals surface area contributed by atoms with E-state index in [4.69, 9.17) is 0 Å². The first-order chi connectivity index (χ1) is 8.61. The molecule has 0 aliphatic carbocycles. The summed E-state index contributed by atoms with van der Waals surface area (Å²) in [5.74, 6) is 0.136. The lowest BCUT2D eigenvalue weighted by molar-refractivity contribution is -0.123. The van der Waals surface area contributed by atoms with Crippen molar-refractivity contribution in [2.24, 2.45) is 0 Å². The normalized spacial score (nSPS) is 23.7. The first kappa shape index (κ1) is 12.9. The molecule has 0 bridgehead atoms. The molecule has 1 heterocycles. The molecular formula is C15H22N2O. The zero-order chi connectivity index (χ0) is 13.1. The molecule has 3 nitrogen and oxygen atoms in total. The Bertz CT molecular complexity index is 430. The minimum absolute atomic E-state index is 0.0218. The molecule has 0 saturated carbocycles. The summed E-state index contributed by atoms with van der Waals surface area (Å²) in [6.45, 7) is 6.26. The third-order valence-corrected chi connectivity index (χ3v) is 3.64. The fraction of sp³-hybridized carbons (Fsp3) is 0.533. The van der Waals surface area contributed by atoms with Gasteiger partial charge in [0.25, 0.3) is 0 Å². The first-order valence-electron chi connectivity index (χ1n) is 6.77. The largest absolute Gasteiger partial charge is 0.382 e. The molecule has 0 spiro atoms. The second-order valence-corrected chi connectivity index (χ2v) is 5.24. The molecule has 2 rings (SSSR count). The van der Waals surface area contributed by atoms with Gasteiger partial charge in [-0.15, -0.1) is 0 Å². The number of carbonyl (C=O) groups excluding carboxylic acids is 1. The average molecular weight is 246 g/mol. The van der Waals surface area contributed by atoms with Crippen molar-refractivity contribution in [3.8, 4) is 0 Å². The van der Waals surface area contributed by atoms with Gasteiger partial charge in [-0.2, -0.15) is 0 Å². The van der Waals surface area contributed by atoms with Crippen LogP contribution in [0, 0.1) is 0 Å². The summed E-state index contributed by atoms with van der Waals surface area (Å²) in [5, 5.41) is 6.53. The van der Waals surface area contributed by atoms with Gasteiger partial charge in [0.15, 0.2) is 0 Å². The van der Waals surface area contributed by atoms with E-state index in [0.29, 0.717) is 6.04 Å². The molecule has 1 aromatic rings. The molecule has 98 valence electrons. The number of anilines is 1. The topological polar surface area (TPSA) is 41.1 Å². The molecule has 0 saturated heterocycles. The van der Waals surface area contributed by atoms with Crippen LogP contribution < -0.4 is 10.6 Å². The predicted molar refractivity (Wildman–Crippen MR) is 74.8 cm³/mol. The number of rotatable bonds is 3. The van der Waals surface area contributed by atoms with Crippen LogP contribution >= 0.6 is 0 Å². The summed E-state index contributed by atoms with van der Waals surface area (Å²) in [5.41, 5.74) is 2.22. The highest BCUT2D eigenvalue weighted by Crippen LogP contribution is 2.34. The van der Waals surface area contributed by atoms with E-state index in [1.165, 1.54) is 0 Å². The maximum Gasteiger partial charge on any atom is 0.227 e. The van der Waals surface area contributed by atoms with Gasteiger partial charge in [0.05, 0.1) is 5.92 Å². The monoisotopic (exact) mass is 246 g/mol. The van der Waals surface area contributed by atoms with E-state index in [1.807, 2.05) is 19.1 Å². The van der Waals surface area contributed by atoms with Crippen LogP contribution in [0.4, 0.5) is 5.69 Å². The Morgan fingerprint density at radius 3 is 2.94 bits per heavy atom. The van der Waals surface area contributed by atoms with Crippen LogP contribution in [0.25, 0.3) is 0 Å². The second-order valence-electron chi connectivity index (χ2n) is 5.24. The van der Waals surface area contributed by atoms with Crippen molar-refractivity contribution < 1.29 is 4.79 Å². The number of carbonyl (C=O) groups is 1. The van der Waals surface area contributed by atoms with Crippen molar-refractivity contribution in [3.63, 3.8) is 0 Å². The van der Waals surface area contributed by atoms with Gasteiger partial charge in [-0.1, -0.05) is 25.1 Å². The minimum atomic E-state index is -0.0218. The van der Waals surface area contributed by atoms with E-state index >= 15 is 0 Å². The number of nitrogens with one attached hydrogen (secondary N) is 2. The summed E-state index contributed by atoms with van der Waals surface area (Å²) < 4.78 is 0. The van der Waals surface area contributed by atoms with Crippen LogP contribution in [0.3, 0.4) is 0 Å². The van der Waals surface area contributed by atoms with Crippen molar-refractivity contribution in [3.05, 3.63) is 29.8 Å². The van der Waals surface area contributed by atoms with Crippen molar-refractivity contribution in [1.29, 1.82) is 0 Å². The van der Waals surface area contributed by atoms with E-state index in [-0.39, 0.29) is 17.9 Å². The van der Waals surface area contributed by atoms with E-state index in [9.17, 15) is 4.79 Å². The average Bonchev–Trinajstić information content (AvgIpc) is 2.37. The fourth-order valence-corrected chi connectivity index (χ4v) is 2.43. The van der Waals surface area contributed by atoms with Gasteiger partial charge >= 0.3 is 0 Å². The van der Waals surface area contributed by atoms with E-state index in [0.717, 1.165) is 24.1 Å². The van der Waals surface area contributed by atoms with E-state index in [1.54, 1.807) is 0 Å². The van der Waals surface area contributed by atoms with Gasteiger partial charge in [0.2, 0.25) is 5.91 Å². The Labute approximate surface area is 109 Å². The predicted octanol–water partition coefficient (Wildman–Crippen LogP) is 2.89. The number of hydrogen-bond acceptors (Lipinski definition) is 2. The maximum absolute atomic E-state index is 12.3. The van der Waals surface area contributed by atoms with Gasteiger partial charge in [0.1, 0.15) is 0 Å². The van der Waals surface area contributed by atoms with Crippen LogP contribution in [0.5, 0.6) is 0 Å². The molecular weight excluding hydrogens is 224 g/mol. The standard InChI is InChI=1S/C15H22N2O/c1-4-10(2)17-15(18)13-9-11(3)16-14-8-6-5-7-12(13)14/h5-8,10-11,13,16H,4,9H2,1-3H3,(H,17,18)/t10-,11+,13+/m1/s1. The Hall–Kier alpha value is -1.51. The minimum Gasteiger partial charge on any atom is -0.382 e. The zero-order valence-corrected chi connectivity index (χ0v) is 11.4. The molecule has 3 atom stereocenters. The summed E-state index contributed by atoms with van der Waals surface area (Å²) in [4.78, 5) is 12.3. The molecule has 1 aliphatic heterocycles. The Morgan fingerprint density at radius 1 is 1.50 bits per heavy atom. The Balaban J connectivity index is 2.20. The summed E-state index contributed by atoms with van der Waals surface area (Å²) in [6, 6.07) is 8.69. The quantitative estimate of drug-likeness (QED) is 0.861. The highest BCUT2D eigenvalue weighted by molar-refractivity contribution is 5.86. The zero-order valence-electron chi connectivity index (χ0n) is 11.4. The lowest BCUT2D eigenvalue weighted by Crippen LogP contribution is -2.39. The molecule has 0 aromatic heterocycles. The first-order valence-corrected chi connectivity index (χ1v) is 6.77. The highest BCUT2D eigenvalue weighted by atomic mass is 16.1. The van der Waals surface area contributed by atoms with Crippen LogP contribution in [0.15, 0.2) is 24.3 Å².